The lowest BCUT2D eigenvalue weighted by molar-refractivity contribution is -0.0792. The maximum atomic E-state index is 12.7. The van der Waals surface area contributed by atoms with E-state index in [2.05, 4.69) is 26.3 Å². The molecule has 0 aromatic carbocycles. The number of carbonyl (C=O) groups is 1. The van der Waals surface area contributed by atoms with E-state index in [1.165, 1.54) is 10.4 Å². The van der Waals surface area contributed by atoms with Gasteiger partial charge in [0.1, 0.15) is 0 Å². The van der Waals surface area contributed by atoms with Crippen LogP contribution >= 0.6 is 47.9 Å². The molecular formula is C18H24Cl2N4O2S2. The standard InChI is InChI=1S/C18H22N4O2S2.2ClH/c23-16(20-10-12-11-22-6-8-25-17(22)21-12)15-9-13-14(26-15)1-7-24-18(13)2-4-19-5-3-18;;/h9,11,19H,1-8,10H2,(H,20,23);2*1H. The largest absolute Gasteiger partial charge is 0.370 e. The number of ether oxygens (including phenoxy) is 1. The molecule has 0 atom stereocenters. The fourth-order valence-electron chi connectivity index (χ4n) is 4.08. The molecule has 0 aliphatic carbocycles. The monoisotopic (exact) mass is 462 g/mol. The highest BCUT2D eigenvalue weighted by Crippen LogP contribution is 2.43. The number of rotatable bonds is 3. The van der Waals surface area contributed by atoms with Gasteiger partial charge in [-0.3, -0.25) is 4.79 Å². The van der Waals surface area contributed by atoms with Crippen LogP contribution in [-0.2, 0) is 29.8 Å². The molecular weight excluding hydrogens is 439 g/mol. The summed E-state index contributed by atoms with van der Waals surface area (Å²) in [4.78, 5) is 19.4. The molecule has 2 N–H and O–H groups in total. The van der Waals surface area contributed by atoms with Crippen LogP contribution in [0.3, 0.4) is 0 Å². The molecule has 1 spiro atoms. The highest BCUT2D eigenvalue weighted by molar-refractivity contribution is 7.99. The van der Waals surface area contributed by atoms with Gasteiger partial charge < -0.3 is 19.9 Å². The Labute approximate surface area is 185 Å². The van der Waals surface area contributed by atoms with Gasteiger partial charge in [0.05, 0.1) is 29.3 Å². The Morgan fingerprint density at radius 1 is 1.36 bits per heavy atom. The Morgan fingerprint density at radius 3 is 2.96 bits per heavy atom. The molecule has 6 nitrogen and oxygen atoms in total. The van der Waals surface area contributed by atoms with Crippen molar-refractivity contribution in [2.24, 2.45) is 0 Å². The van der Waals surface area contributed by atoms with E-state index in [9.17, 15) is 4.79 Å². The molecule has 1 fully saturated rings. The molecule has 2 aromatic rings. The molecule has 28 heavy (non-hydrogen) atoms. The Balaban J connectivity index is 0.00000112. The third kappa shape index (κ3) is 3.95. The van der Waals surface area contributed by atoms with E-state index >= 15 is 0 Å². The number of nitrogens with zero attached hydrogens (tertiary/aromatic N) is 2. The predicted molar refractivity (Wildman–Crippen MR) is 116 cm³/mol. The smallest absolute Gasteiger partial charge is 0.261 e. The number of amides is 1. The molecule has 5 heterocycles. The van der Waals surface area contributed by atoms with Crippen LogP contribution in [0.15, 0.2) is 17.4 Å². The summed E-state index contributed by atoms with van der Waals surface area (Å²) in [6.45, 7) is 4.19. The Morgan fingerprint density at radius 2 is 2.18 bits per heavy atom. The van der Waals surface area contributed by atoms with Crippen LogP contribution in [0, 0.1) is 0 Å². The minimum absolute atomic E-state index is 0. The van der Waals surface area contributed by atoms with Gasteiger partial charge in [-0.1, -0.05) is 11.8 Å². The third-order valence-corrected chi connectivity index (χ3v) is 7.59. The van der Waals surface area contributed by atoms with Crippen molar-refractivity contribution in [2.45, 2.75) is 43.1 Å². The second-order valence-corrected chi connectivity index (χ2v) is 9.23. The van der Waals surface area contributed by atoms with Crippen molar-refractivity contribution in [1.29, 1.82) is 0 Å². The first-order valence-corrected chi connectivity index (χ1v) is 11.0. The van der Waals surface area contributed by atoms with E-state index in [0.717, 1.165) is 67.0 Å². The van der Waals surface area contributed by atoms with Crippen molar-refractivity contribution >= 4 is 53.8 Å². The molecule has 2 aromatic heterocycles. The van der Waals surface area contributed by atoms with Crippen molar-refractivity contribution in [3.8, 4) is 0 Å². The van der Waals surface area contributed by atoms with E-state index in [1.807, 2.05) is 6.20 Å². The summed E-state index contributed by atoms with van der Waals surface area (Å²) in [6.07, 6.45) is 4.92. The number of aromatic nitrogens is 2. The predicted octanol–water partition coefficient (Wildman–Crippen LogP) is 2.98. The van der Waals surface area contributed by atoms with Crippen molar-refractivity contribution < 1.29 is 9.53 Å². The lowest BCUT2D eigenvalue weighted by Crippen LogP contribution is -2.44. The number of carbonyl (C=O) groups excluding carboxylic acids is 1. The minimum atomic E-state index is -0.185. The maximum absolute atomic E-state index is 12.7. The first-order valence-electron chi connectivity index (χ1n) is 9.18. The van der Waals surface area contributed by atoms with Gasteiger partial charge in [-0.2, -0.15) is 0 Å². The quantitative estimate of drug-likeness (QED) is 0.733. The zero-order chi connectivity index (χ0) is 17.6. The zero-order valence-corrected chi connectivity index (χ0v) is 18.6. The second kappa shape index (κ2) is 8.93. The number of nitrogens with one attached hydrogen (secondary N) is 2. The Kier molecular flexibility index (Phi) is 7.00. The summed E-state index contributed by atoms with van der Waals surface area (Å²) in [5.74, 6) is 1.09. The van der Waals surface area contributed by atoms with Gasteiger partial charge in [0.2, 0.25) is 0 Å². The number of thioether (sulfide) groups is 1. The number of halogens is 2. The average molecular weight is 463 g/mol. The van der Waals surface area contributed by atoms with Gasteiger partial charge >= 0.3 is 0 Å². The highest BCUT2D eigenvalue weighted by Gasteiger charge is 2.40. The number of fused-ring (bicyclic) bond motifs is 3. The summed E-state index contributed by atoms with van der Waals surface area (Å²) in [5, 5.41) is 7.50. The van der Waals surface area contributed by atoms with Gasteiger partial charge in [0.15, 0.2) is 5.16 Å². The molecule has 5 rings (SSSR count). The van der Waals surface area contributed by atoms with Crippen molar-refractivity contribution in [1.82, 2.24) is 20.2 Å². The number of hydrogen-bond acceptors (Lipinski definition) is 6. The fourth-order valence-corrected chi connectivity index (χ4v) is 6.19. The molecule has 0 saturated carbocycles. The van der Waals surface area contributed by atoms with Crippen molar-refractivity contribution in [3.63, 3.8) is 0 Å². The highest BCUT2D eigenvalue weighted by atomic mass is 35.5. The van der Waals surface area contributed by atoms with Crippen LogP contribution < -0.4 is 10.6 Å². The van der Waals surface area contributed by atoms with Crippen LogP contribution in [-0.4, -0.2) is 40.9 Å². The molecule has 10 heteroatoms. The average Bonchev–Trinajstić information content (AvgIpc) is 3.35. The van der Waals surface area contributed by atoms with E-state index in [-0.39, 0.29) is 36.3 Å². The van der Waals surface area contributed by atoms with Crippen LogP contribution in [0.1, 0.15) is 38.6 Å². The maximum Gasteiger partial charge on any atom is 0.261 e. The number of aryl methyl sites for hydroxylation is 1. The molecule has 154 valence electrons. The van der Waals surface area contributed by atoms with Crippen LogP contribution in [0.4, 0.5) is 0 Å². The second-order valence-electron chi connectivity index (χ2n) is 7.03. The molecule has 3 aliphatic heterocycles. The summed E-state index contributed by atoms with van der Waals surface area (Å²) in [7, 11) is 0. The number of thiophene rings is 1. The van der Waals surface area contributed by atoms with E-state index in [4.69, 9.17) is 4.74 Å². The lowest BCUT2D eigenvalue weighted by Gasteiger charge is -2.40. The first kappa shape index (κ1) is 21.9. The van der Waals surface area contributed by atoms with Crippen LogP contribution in [0.2, 0.25) is 0 Å². The van der Waals surface area contributed by atoms with Crippen molar-refractivity contribution in [2.75, 3.05) is 25.4 Å². The van der Waals surface area contributed by atoms with E-state index in [0.29, 0.717) is 6.54 Å². The Hall–Kier alpha value is -0.770. The van der Waals surface area contributed by atoms with Gasteiger partial charge in [0.25, 0.3) is 5.91 Å². The van der Waals surface area contributed by atoms with Crippen LogP contribution in [0.25, 0.3) is 0 Å². The van der Waals surface area contributed by atoms with E-state index in [1.54, 1.807) is 23.1 Å². The molecule has 3 aliphatic rings. The van der Waals surface area contributed by atoms with Gasteiger partial charge in [-0.15, -0.1) is 36.2 Å². The van der Waals surface area contributed by atoms with Gasteiger partial charge in [-0.05, 0) is 37.6 Å². The lowest BCUT2D eigenvalue weighted by atomic mass is 9.83. The zero-order valence-electron chi connectivity index (χ0n) is 15.4. The molecule has 0 bridgehead atoms. The van der Waals surface area contributed by atoms with Gasteiger partial charge in [-0.25, -0.2) is 4.98 Å². The first-order chi connectivity index (χ1) is 12.7. The molecule has 1 amide bonds. The summed E-state index contributed by atoms with van der Waals surface area (Å²) in [6, 6.07) is 2.07. The van der Waals surface area contributed by atoms with E-state index < -0.39 is 0 Å². The summed E-state index contributed by atoms with van der Waals surface area (Å²) < 4.78 is 8.37. The number of hydrogen-bond donors (Lipinski definition) is 2. The van der Waals surface area contributed by atoms with Crippen LogP contribution in [0.5, 0.6) is 0 Å². The SMILES string of the molecule is Cl.Cl.O=C(NCc1cn2c(n1)SCC2)c1cc2c(s1)CCOC21CCNCC1. The van der Waals surface area contributed by atoms with Crippen molar-refractivity contribution in [3.05, 3.63) is 33.3 Å². The topological polar surface area (TPSA) is 68.2 Å². The fraction of sp³-hybridized carbons (Fsp3) is 0.556. The molecule has 0 unspecified atom stereocenters. The number of imidazole rings is 1. The Bertz CT molecular complexity index is 827. The minimum Gasteiger partial charge on any atom is -0.370 e. The number of piperidine rings is 1. The molecule has 1 saturated heterocycles. The summed E-state index contributed by atoms with van der Waals surface area (Å²) in [5.41, 5.74) is 1.99. The molecule has 0 radical (unpaired) electrons. The van der Waals surface area contributed by atoms with Gasteiger partial charge in [0, 0.05) is 29.8 Å². The normalized spacial score (nSPS) is 19.3. The summed E-state index contributed by atoms with van der Waals surface area (Å²) >= 11 is 3.40. The third-order valence-electron chi connectivity index (χ3n) is 5.43.